The summed E-state index contributed by atoms with van der Waals surface area (Å²) in [4.78, 5) is 35.5. The molecule has 1 aromatic rings. The summed E-state index contributed by atoms with van der Waals surface area (Å²) in [7, 11) is 0. The fraction of sp³-hybridized carbons (Fsp3) is 0.462. The van der Waals surface area contributed by atoms with Crippen molar-refractivity contribution in [1.82, 2.24) is 9.55 Å². The molecule has 0 aliphatic rings. The number of nitrogens with zero attached hydrogens (tertiary/aromatic N) is 1. The van der Waals surface area contributed by atoms with E-state index in [1.165, 1.54) is 16.8 Å². The standard InChI is InChI=1S/C13H18N2O4/c1-10(2)12(17)19-9-5-3-4-7-15-8-6-11(16)14-13(15)18/h6,8H,1,3-5,7,9H2,2H3,(H,14,16,18). The Kier molecular flexibility index (Phi) is 5.78. The number of aryl methyl sites for hydroxylation is 1. The molecule has 104 valence electrons. The predicted molar refractivity (Wildman–Crippen MR) is 70.9 cm³/mol. The third kappa shape index (κ3) is 5.37. The predicted octanol–water partition coefficient (Wildman–Crippen LogP) is 0.826. The molecule has 0 radical (unpaired) electrons. The molecule has 19 heavy (non-hydrogen) atoms. The molecule has 1 aromatic heterocycles. The maximum Gasteiger partial charge on any atom is 0.333 e. The van der Waals surface area contributed by atoms with Crippen molar-refractivity contribution in [3.8, 4) is 0 Å². The van der Waals surface area contributed by atoms with Crippen molar-refractivity contribution in [2.45, 2.75) is 32.7 Å². The molecule has 0 atom stereocenters. The summed E-state index contributed by atoms with van der Waals surface area (Å²) in [6, 6.07) is 1.32. The highest BCUT2D eigenvalue weighted by Crippen LogP contribution is 2.00. The maximum atomic E-state index is 11.4. The van der Waals surface area contributed by atoms with Gasteiger partial charge < -0.3 is 9.30 Å². The van der Waals surface area contributed by atoms with Crippen LogP contribution in [0.1, 0.15) is 26.2 Å². The molecule has 0 fully saturated rings. The zero-order valence-corrected chi connectivity index (χ0v) is 11.0. The van der Waals surface area contributed by atoms with Crippen molar-refractivity contribution in [1.29, 1.82) is 0 Å². The molecule has 0 saturated carbocycles. The molecule has 6 heteroatoms. The summed E-state index contributed by atoms with van der Waals surface area (Å²) in [6.45, 7) is 5.97. The van der Waals surface area contributed by atoms with Gasteiger partial charge in [-0.1, -0.05) is 6.58 Å². The number of esters is 1. The summed E-state index contributed by atoms with van der Waals surface area (Å²) in [5, 5.41) is 0. The number of hydrogen-bond acceptors (Lipinski definition) is 4. The lowest BCUT2D eigenvalue weighted by atomic mass is 10.2. The molecule has 1 N–H and O–H groups in total. The molecule has 0 spiro atoms. The first-order chi connectivity index (χ1) is 9.00. The number of rotatable bonds is 7. The van der Waals surface area contributed by atoms with Crippen LogP contribution < -0.4 is 11.2 Å². The summed E-state index contributed by atoms with van der Waals surface area (Å²) in [6.07, 6.45) is 3.81. The lowest BCUT2D eigenvalue weighted by molar-refractivity contribution is -0.139. The fourth-order valence-corrected chi connectivity index (χ4v) is 1.47. The van der Waals surface area contributed by atoms with Crippen molar-refractivity contribution in [3.63, 3.8) is 0 Å². The Bertz CT molecular complexity index is 556. The molecule has 0 amide bonds. The van der Waals surface area contributed by atoms with Gasteiger partial charge in [-0.05, 0) is 26.2 Å². The SMILES string of the molecule is C=C(C)C(=O)OCCCCCn1ccc(=O)[nH]c1=O. The highest BCUT2D eigenvalue weighted by molar-refractivity contribution is 5.86. The van der Waals surface area contributed by atoms with E-state index >= 15 is 0 Å². The van der Waals surface area contributed by atoms with E-state index in [1.807, 2.05) is 0 Å². The minimum absolute atomic E-state index is 0.353. The van der Waals surface area contributed by atoms with E-state index in [-0.39, 0.29) is 5.97 Å². The number of aromatic amines is 1. The van der Waals surface area contributed by atoms with Crippen LogP contribution in [0.3, 0.4) is 0 Å². The number of unbranched alkanes of at least 4 members (excludes halogenated alkanes) is 2. The molecule has 0 aliphatic heterocycles. The summed E-state index contributed by atoms with van der Waals surface area (Å²) < 4.78 is 6.39. The smallest absolute Gasteiger partial charge is 0.333 e. The van der Waals surface area contributed by atoms with Crippen LogP contribution in [-0.2, 0) is 16.1 Å². The molecule has 0 aliphatic carbocycles. The van der Waals surface area contributed by atoms with Crippen LogP contribution in [0, 0.1) is 0 Å². The highest BCUT2D eigenvalue weighted by atomic mass is 16.5. The molecule has 1 rings (SSSR count). The lowest BCUT2D eigenvalue weighted by Gasteiger charge is -2.05. The molecule has 6 nitrogen and oxygen atoms in total. The summed E-state index contributed by atoms with van der Waals surface area (Å²) in [5.41, 5.74) is -0.408. The second-order valence-corrected chi connectivity index (χ2v) is 4.28. The minimum atomic E-state index is -0.402. The van der Waals surface area contributed by atoms with Gasteiger partial charge in [0.2, 0.25) is 0 Å². The van der Waals surface area contributed by atoms with Crippen LogP contribution in [0.25, 0.3) is 0 Å². The Labute approximate surface area is 110 Å². The van der Waals surface area contributed by atoms with Crippen LogP contribution in [0.2, 0.25) is 0 Å². The quantitative estimate of drug-likeness (QED) is 0.450. The first-order valence-corrected chi connectivity index (χ1v) is 6.13. The zero-order chi connectivity index (χ0) is 14.3. The van der Waals surface area contributed by atoms with Gasteiger partial charge in [0, 0.05) is 24.4 Å². The van der Waals surface area contributed by atoms with Gasteiger partial charge in [0.1, 0.15) is 0 Å². The minimum Gasteiger partial charge on any atom is -0.462 e. The molecule has 0 aromatic carbocycles. The normalized spacial score (nSPS) is 10.2. The number of hydrogen-bond donors (Lipinski definition) is 1. The number of H-pyrrole nitrogens is 1. The zero-order valence-electron chi connectivity index (χ0n) is 11.0. The van der Waals surface area contributed by atoms with Gasteiger partial charge in [-0.15, -0.1) is 0 Å². The molecule has 1 heterocycles. The Morgan fingerprint density at radius 2 is 2.11 bits per heavy atom. The van der Waals surface area contributed by atoms with E-state index in [4.69, 9.17) is 4.74 Å². The monoisotopic (exact) mass is 266 g/mol. The van der Waals surface area contributed by atoms with E-state index in [2.05, 4.69) is 11.6 Å². The van der Waals surface area contributed by atoms with E-state index < -0.39 is 11.2 Å². The molecular formula is C13H18N2O4. The largest absolute Gasteiger partial charge is 0.462 e. The average molecular weight is 266 g/mol. The van der Waals surface area contributed by atoms with E-state index in [1.54, 1.807) is 6.92 Å². The Hall–Kier alpha value is -2.11. The van der Waals surface area contributed by atoms with Gasteiger partial charge >= 0.3 is 11.7 Å². The Morgan fingerprint density at radius 3 is 2.74 bits per heavy atom. The molecule has 0 unspecified atom stereocenters. The Balaban J connectivity index is 2.21. The molecule has 0 saturated heterocycles. The first-order valence-electron chi connectivity index (χ1n) is 6.13. The average Bonchev–Trinajstić information content (AvgIpc) is 2.35. The third-order valence-electron chi connectivity index (χ3n) is 2.52. The van der Waals surface area contributed by atoms with Crippen molar-refractivity contribution < 1.29 is 9.53 Å². The van der Waals surface area contributed by atoms with Crippen LogP contribution >= 0.6 is 0 Å². The maximum absolute atomic E-state index is 11.4. The van der Waals surface area contributed by atoms with Gasteiger partial charge in [-0.25, -0.2) is 9.59 Å². The lowest BCUT2D eigenvalue weighted by Crippen LogP contribution is -2.28. The van der Waals surface area contributed by atoms with Gasteiger partial charge in [0.05, 0.1) is 6.61 Å². The summed E-state index contributed by atoms with van der Waals surface area (Å²) >= 11 is 0. The highest BCUT2D eigenvalue weighted by Gasteiger charge is 2.02. The number of aromatic nitrogens is 2. The van der Waals surface area contributed by atoms with E-state index in [0.29, 0.717) is 18.7 Å². The second kappa shape index (κ2) is 7.35. The van der Waals surface area contributed by atoms with Gasteiger partial charge in [0.15, 0.2) is 0 Å². The van der Waals surface area contributed by atoms with Crippen LogP contribution in [0.15, 0.2) is 34.0 Å². The van der Waals surface area contributed by atoms with Gasteiger partial charge in [-0.2, -0.15) is 0 Å². The third-order valence-corrected chi connectivity index (χ3v) is 2.52. The molecule has 0 bridgehead atoms. The van der Waals surface area contributed by atoms with Crippen LogP contribution in [0.4, 0.5) is 0 Å². The number of nitrogens with one attached hydrogen (secondary N) is 1. The van der Waals surface area contributed by atoms with E-state index in [9.17, 15) is 14.4 Å². The van der Waals surface area contributed by atoms with Gasteiger partial charge in [0.25, 0.3) is 5.56 Å². The topological polar surface area (TPSA) is 81.2 Å². The molecular weight excluding hydrogens is 248 g/mol. The number of carbonyl (C=O) groups excluding carboxylic acids is 1. The fourth-order valence-electron chi connectivity index (χ4n) is 1.47. The Morgan fingerprint density at radius 1 is 1.37 bits per heavy atom. The number of carbonyl (C=O) groups is 1. The van der Waals surface area contributed by atoms with Crippen LogP contribution in [-0.4, -0.2) is 22.1 Å². The second-order valence-electron chi connectivity index (χ2n) is 4.28. The van der Waals surface area contributed by atoms with Crippen molar-refractivity contribution in [2.75, 3.05) is 6.61 Å². The van der Waals surface area contributed by atoms with Gasteiger partial charge in [-0.3, -0.25) is 9.78 Å². The summed E-state index contributed by atoms with van der Waals surface area (Å²) in [5.74, 6) is -0.378. The number of ether oxygens (including phenoxy) is 1. The van der Waals surface area contributed by atoms with Crippen molar-refractivity contribution >= 4 is 5.97 Å². The van der Waals surface area contributed by atoms with Crippen molar-refractivity contribution in [2.24, 2.45) is 0 Å². The van der Waals surface area contributed by atoms with Crippen LogP contribution in [0.5, 0.6) is 0 Å². The van der Waals surface area contributed by atoms with E-state index in [0.717, 1.165) is 19.3 Å². The van der Waals surface area contributed by atoms with Crippen molar-refractivity contribution in [3.05, 3.63) is 45.3 Å². The first kappa shape index (κ1) is 14.9.